The summed E-state index contributed by atoms with van der Waals surface area (Å²) in [6.45, 7) is 0.256. The molecule has 0 aliphatic heterocycles. The maximum Gasteiger partial charge on any atom is 0.261 e. The van der Waals surface area contributed by atoms with Gasteiger partial charge in [-0.25, -0.2) is 17.2 Å². The first-order chi connectivity index (χ1) is 14.2. The number of carbonyl (C=O) groups is 1. The third kappa shape index (κ3) is 5.55. The van der Waals surface area contributed by atoms with Gasteiger partial charge < -0.3 is 5.32 Å². The molecule has 0 aliphatic carbocycles. The Labute approximate surface area is 177 Å². The molecule has 9 heteroatoms. The summed E-state index contributed by atoms with van der Waals surface area (Å²) in [4.78, 5) is 12.3. The Kier molecular flexibility index (Phi) is 6.69. The van der Waals surface area contributed by atoms with Gasteiger partial charge in [0, 0.05) is 12.2 Å². The van der Waals surface area contributed by atoms with Crippen LogP contribution < -0.4 is 10.0 Å². The van der Waals surface area contributed by atoms with Crippen LogP contribution in [0.2, 0.25) is 5.02 Å². The molecular formula is C21H17ClF2N2O3S. The molecule has 3 aromatic carbocycles. The number of amides is 1. The first-order valence-corrected chi connectivity index (χ1v) is 10.7. The van der Waals surface area contributed by atoms with Crippen molar-refractivity contribution in [1.82, 2.24) is 5.32 Å². The van der Waals surface area contributed by atoms with E-state index in [9.17, 15) is 22.0 Å². The van der Waals surface area contributed by atoms with Crippen LogP contribution in [0.25, 0.3) is 0 Å². The number of anilines is 1. The fraction of sp³-hybridized carbons (Fsp3) is 0.0952. The van der Waals surface area contributed by atoms with E-state index >= 15 is 0 Å². The third-order valence-electron chi connectivity index (χ3n) is 4.20. The van der Waals surface area contributed by atoms with E-state index in [1.54, 1.807) is 12.1 Å². The highest BCUT2D eigenvalue weighted by Crippen LogP contribution is 2.23. The van der Waals surface area contributed by atoms with Crippen molar-refractivity contribution >= 4 is 33.2 Å². The monoisotopic (exact) mass is 450 g/mol. The minimum Gasteiger partial charge on any atom is -0.352 e. The van der Waals surface area contributed by atoms with Crippen molar-refractivity contribution in [3.63, 3.8) is 0 Å². The van der Waals surface area contributed by atoms with Gasteiger partial charge in [-0.15, -0.1) is 0 Å². The maximum atomic E-state index is 13.0. The van der Waals surface area contributed by atoms with Crippen LogP contribution in [0, 0.1) is 11.6 Å². The van der Waals surface area contributed by atoms with Crippen LogP contribution in [0.15, 0.2) is 71.6 Å². The first kappa shape index (κ1) is 21.7. The summed E-state index contributed by atoms with van der Waals surface area (Å²) in [7, 11) is -4.01. The summed E-state index contributed by atoms with van der Waals surface area (Å²) in [6, 6.07) is 14.5. The van der Waals surface area contributed by atoms with Crippen molar-refractivity contribution in [3.8, 4) is 0 Å². The number of carbonyl (C=O) groups excluding carboxylic acids is 1. The highest BCUT2D eigenvalue weighted by atomic mass is 35.5. The standard InChI is InChI=1S/C21H17ClF2N2O3S/c22-20-10-9-18(30(28,29)26-17-7-5-16(24)6-8-17)13-19(20)21(27)25-12-11-14-1-3-15(23)4-2-14/h1-10,13,26H,11-12H2,(H,25,27). The highest BCUT2D eigenvalue weighted by molar-refractivity contribution is 7.92. The molecule has 0 spiro atoms. The molecule has 3 aromatic rings. The molecule has 5 nitrogen and oxygen atoms in total. The predicted octanol–water partition coefficient (Wildman–Crippen LogP) is 4.39. The largest absolute Gasteiger partial charge is 0.352 e. The molecule has 0 saturated carbocycles. The van der Waals surface area contributed by atoms with Crippen molar-refractivity contribution in [2.75, 3.05) is 11.3 Å². The fourth-order valence-electron chi connectivity index (χ4n) is 2.64. The summed E-state index contributed by atoms with van der Waals surface area (Å²) in [5.41, 5.74) is 1.01. The maximum absolute atomic E-state index is 13.0. The van der Waals surface area contributed by atoms with E-state index < -0.39 is 21.7 Å². The molecule has 0 unspecified atom stereocenters. The quantitative estimate of drug-likeness (QED) is 0.560. The Bertz CT molecular complexity index is 1150. The van der Waals surface area contributed by atoms with Crippen LogP contribution in [0.5, 0.6) is 0 Å². The van der Waals surface area contributed by atoms with E-state index in [0.29, 0.717) is 6.42 Å². The first-order valence-electron chi connectivity index (χ1n) is 8.85. The number of rotatable bonds is 7. The highest BCUT2D eigenvalue weighted by Gasteiger charge is 2.19. The van der Waals surface area contributed by atoms with E-state index in [1.165, 1.54) is 42.5 Å². The molecular weight excluding hydrogens is 434 g/mol. The molecule has 0 aliphatic rings. The van der Waals surface area contributed by atoms with Gasteiger partial charge in [-0.2, -0.15) is 0 Å². The van der Waals surface area contributed by atoms with E-state index in [0.717, 1.165) is 17.7 Å². The summed E-state index contributed by atoms with van der Waals surface area (Å²) < 4.78 is 53.4. The average Bonchev–Trinajstić information content (AvgIpc) is 2.71. The number of hydrogen-bond donors (Lipinski definition) is 2. The molecule has 0 fully saturated rings. The number of nitrogens with one attached hydrogen (secondary N) is 2. The lowest BCUT2D eigenvalue weighted by Gasteiger charge is -2.11. The SMILES string of the molecule is O=C(NCCc1ccc(F)cc1)c1cc(S(=O)(=O)Nc2ccc(F)cc2)ccc1Cl. The van der Waals surface area contributed by atoms with Gasteiger partial charge >= 0.3 is 0 Å². The number of sulfonamides is 1. The molecule has 3 rings (SSSR count). The van der Waals surface area contributed by atoms with Crippen molar-refractivity contribution in [2.24, 2.45) is 0 Å². The minimum atomic E-state index is -4.01. The minimum absolute atomic E-state index is 0.00208. The summed E-state index contributed by atoms with van der Waals surface area (Å²) >= 11 is 6.07. The van der Waals surface area contributed by atoms with Gasteiger partial charge in [-0.3, -0.25) is 9.52 Å². The van der Waals surface area contributed by atoms with Crippen LogP contribution in [0.3, 0.4) is 0 Å². The zero-order chi connectivity index (χ0) is 21.7. The van der Waals surface area contributed by atoms with Crippen molar-refractivity contribution in [1.29, 1.82) is 0 Å². The zero-order valence-corrected chi connectivity index (χ0v) is 17.1. The van der Waals surface area contributed by atoms with E-state index in [4.69, 9.17) is 11.6 Å². The fourth-order valence-corrected chi connectivity index (χ4v) is 3.93. The molecule has 2 N–H and O–H groups in total. The van der Waals surface area contributed by atoms with Gasteiger partial charge in [-0.05, 0) is 66.6 Å². The molecule has 0 radical (unpaired) electrons. The van der Waals surface area contributed by atoms with Gasteiger partial charge in [0.1, 0.15) is 11.6 Å². The van der Waals surface area contributed by atoms with E-state index in [1.807, 2.05) is 0 Å². The van der Waals surface area contributed by atoms with Crippen molar-refractivity contribution in [2.45, 2.75) is 11.3 Å². The molecule has 0 heterocycles. The Morgan fingerprint density at radius 2 is 1.50 bits per heavy atom. The molecule has 0 atom stereocenters. The van der Waals surface area contributed by atoms with Gasteiger partial charge in [0.05, 0.1) is 15.5 Å². The van der Waals surface area contributed by atoms with Gasteiger partial charge in [0.15, 0.2) is 0 Å². The van der Waals surface area contributed by atoms with E-state index in [-0.39, 0.29) is 33.5 Å². The Morgan fingerprint density at radius 1 is 0.900 bits per heavy atom. The van der Waals surface area contributed by atoms with Gasteiger partial charge in [0.2, 0.25) is 0 Å². The van der Waals surface area contributed by atoms with Gasteiger partial charge in [0.25, 0.3) is 15.9 Å². The smallest absolute Gasteiger partial charge is 0.261 e. The third-order valence-corrected chi connectivity index (χ3v) is 5.91. The average molecular weight is 451 g/mol. The lowest BCUT2D eigenvalue weighted by atomic mass is 10.1. The lowest BCUT2D eigenvalue weighted by molar-refractivity contribution is 0.0954. The number of halogens is 3. The van der Waals surface area contributed by atoms with Crippen LogP contribution in [0.1, 0.15) is 15.9 Å². The van der Waals surface area contributed by atoms with Crippen molar-refractivity contribution < 1.29 is 22.0 Å². The van der Waals surface area contributed by atoms with Crippen molar-refractivity contribution in [3.05, 3.63) is 94.5 Å². The molecule has 0 aromatic heterocycles. The van der Waals surface area contributed by atoms with Crippen LogP contribution >= 0.6 is 11.6 Å². The second-order valence-electron chi connectivity index (χ2n) is 6.39. The molecule has 0 bridgehead atoms. The van der Waals surface area contributed by atoms with Crippen LogP contribution in [-0.4, -0.2) is 20.9 Å². The molecule has 30 heavy (non-hydrogen) atoms. The Balaban J connectivity index is 1.71. The van der Waals surface area contributed by atoms with Crippen LogP contribution in [-0.2, 0) is 16.4 Å². The summed E-state index contributed by atoms with van der Waals surface area (Å²) in [5.74, 6) is -1.38. The number of hydrogen-bond acceptors (Lipinski definition) is 3. The Morgan fingerprint density at radius 3 is 2.13 bits per heavy atom. The molecule has 1 amide bonds. The predicted molar refractivity (Wildman–Crippen MR) is 111 cm³/mol. The van der Waals surface area contributed by atoms with E-state index in [2.05, 4.69) is 10.0 Å². The Hall–Kier alpha value is -2.97. The van der Waals surface area contributed by atoms with Crippen LogP contribution in [0.4, 0.5) is 14.5 Å². The zero-order valence-electron chi connectivity index (χ0n) is 15.5. The normalized spacial score (nSPS) is 11.2. The summed E-state index contributed by atoms with van der Waals surface area (Å²) in [6.07, 6.45) is 0.466. The topological polar surface area (TPSA) is 75.3 Å². The lowest BCUT2D eigenvalue weighted by Crippen LogP contribution is -2.26. The molecule has 156 valence electrons. The van der Waals surface area contributed by atoms with Gasteiger partial charge in [-0.1, -0.05) is 23.7 Å². The molecule has 0 saturated heterocycles. The number of benzene rings is 3. The second-order valence-corrected chi connectivity index (χ2v) is 8.48. The second kappa shape index (κ2) is 9.23. The summed E-state index contributed by atoms with van der Waals surface area (Å²) in [5, 5.41) is 2.76.